The molecule has 0 unspecified atom stereocenters. The average molecular weight is 239 g/mol. The monoisotopic (exact) mass is 239 g/mol. The molecule has 0 bridgehead atoms. The molecule has 0 spiro atoms. The van der Waals surface area contributed by atoms with Gasteiger partial charge < -0.3 is 5.32 Å². The van der Waals surface area contributed by atoms with Gasteiger partial charge in [-0.1, -0.05) is 42.5 Å². The summed E-state index contributed by atoms with van der Waals surface area (Å²) in [5, 5.41) is 6.26. The van der Waals surface area contributed by atoms with Gasteiger partial charge in [-0.25, -0.2) is 0 Å². The lowest BCUT2D eigenvalue weighted by atomic mass is 9.90. The highest BCUT2D eigenvalue weighted by molar-refractivity contribution is 5.85. The molecular formula is C17H21N. The van der Waals surface area contributed by atoms with Crippen LogP contribution in [0.15, 0.2) is 42.5 Å². The molecule has 0 aromatic heterocycles. The van der Waals surface area contributed by atoms with Crippen LogP contribution in [0.3, 0.4) is 0 Å². The maximum atomic E-state index is 3.44. The zero-order valence-electron chi connectivity index (χ0n) is 10.9. The van der Waals surface area contributed by atoms with Crippen molar-refractivity contribution in [1.82, 2.24) is 5.32 Å². The summed E-state index contributed by atoms with van der Waals surface area (Å²) >= 11 is 0. The summed E-state index contributed by atoms with van der Waals surface area (Å²) in [4.78, 5) is 0. The van der Waals surface area contributed by atoms with Crippen LogP contribution in [0, 0.1) is 5.92 Å². The summed E-state index contributed by atoms with van der Waals surface area (Å²) in [5.74, 6) is 0.921. The fourth-order valence-corrected chi connectivity index (χ4v) is 3.04. The molecule has 1 nitrogen and oxygen atoms in total. The Balaban J connectivity index is 1.74. The molecule has 1 saturated heterocycles. The van der Waals surface area contributed by atoms with E-state index in [1.807, 2.05) is 0 Å². The minimum atomic E-state index is 0.921. The van der Waals surface area contributed by atoms with Crippen LogP contribution in [-0.2, 0) is 6.42 Å². The topological polar surface area (TPSA) is 12.0 Å². The molecule has 1 aliphatic heterocycles. The predicted molar refractivity (Wildman–Crippen MR) is 77.9 cm³/mol. The van der Waals surface area contributed by atoms with E-state index in [4.69, 9.17) is 0 Å². The lowest BCUT2D eigenvalue weighted by Crippen LogP contribution is -2.27. The van der Waals surface area contributed by atoms with Crippen molar-refractivity contribution in [2.75, 3.05) is 13.1 Å². The quantitative estimate of drug-likeness (QED) is 0.859. The maximum absolute atomic E-state index is 3.44. The zero-order valence-corrected chi connectivity index (χ0v) is 10.9. The molecular weight excluding hydrogens is 218 g/mol. The summed E-state index contributed by atoms with van der Waals surface area (Å²) in [7, 11) is 0. The van der Waals surface area contributed by atoms with Crippen LogP contribution in [0.5, 0.6) is 0 Å². The van der Waals surface area contributed by atoms with Crippen molar-refractivity contribution in [3.05, 3.63) is 48.0 Å². The lowest BCUT2D eigenvalue weighted by Gasteiger charge is -2.22. The van der Waals surface area contributed by atoms with Crippen LogP contribution in [-0.4, -0.2) is 13.1 Å². The maximum Gasteiger partial charge on any atom is -0.00463 e. The van der Waals surface area contributed by atoms with Gasteiger partial charge in [-0.3, -0.25) is 0 Å². The van der Waals surface area contributed by atoms with Crippen LogP contribution in [0.1, 0.15) is 24.8 Å². The van der Waals surface area contributed by atoms with E-state index in [2.05, 4.69) is 47.8 Å². The van der Waals surface area contributed by atoms with Gasteiger partial charge in [0, 0.05) is 0 Å². The van der Waals surface area contributed by atoms with Crippen molar-refractivity contribution in [3.63, 3.8) is 0 Å². The minimum absolute atomic E-state index is 0.921. The van der Waals surface area contributed by atoms with Gasteiger partial charge in [0.25, 0.3) is 0 Å². The van der Waals surface area contributed by atoms with Crippen molar-refractivity contribution in [2.24, 2.45) is 5.92 Å². The number of nitrogens with one attached hydrogen (secondary N) is 1. The zero-order chi connectivity index (χ0) is 12.2. The van der Waals surface area contributed by atoms with E-state index < -0.39 is 0 Å². The summed E-state index contributed by atoms with van der Waals surface area (Å²) in [6.45, 7) is 2.42. The number of fused-ring (bicyclic) bond motifs is 1. The number of rotatable bonds is 3. The Labute approximate surface area is 109 Å². The second kappa shape index (κ2) is 5.53. The van der Waals surface area contributed by atoms with Gasteiger partial charge in [-0.05, 0) is 61.0 Å². The number of hydrogen-bond acceptors (Lipinski definition) is 1. The molecule has 94 valence electrons. The average Bonchev–Trinajstić information content (AvgIpc) is 2.46. The van der Waals surface area contributed by atoms with Crippen LogP contribution in [0.25, 0.3) is 10.8 Å². The molecule has 0 saturated carbocycles. The predicted octanol–water partition coefficient (Wildman–Crippen LogP) is 3.77. The van der Waals surface area contributed by atoms with E-state index in [0.29, 0.717) is 0 Å². The van der Waals surface area contributed by atoms with Crippen LogP contribution in [0.4, 0.5) is 0 Å². The van der Waals surface area contributed by atoms with Gasteiger partial charge in [0.1, 0.15) is 0 Å². The van der Waals surface area contributed by atoms with Gasteiger partial charge in [-0.15, -0.1) is 0 Å². The second-order valence-electron chi connectivity index (χ2n) is 5.37. The van der Waals surface area contributed by atoms with E-state index in [-0.39, 0.29) is 0 Å². The fourth-order valence-electron chi connectivity index (χ4n) is 3.04. The summed E-state index contributed by atoms with van der Waals surface area (Å²) in [6, 6.07) is 15.4. The van der Waals surface area contributed by atoms with E-state index in [0.717, 1.165) is 5.92 Å². The largest absolute Gasteiger partial charge is 0.317 e. The molecule has 1 N–H and O–H groups in total. The van der Waals surface area contributed by atoms with E-state index in [1.165, 1.54) is 55.1 Å². The molecule has 3 rings (SSSR count). The Bertz CT molecular complexity index is 507. The molecule has 2 aromatic carbocycles. The first-order valence-electron chi connectivity index (χ1n) is 7.11. The van der Waals surface area contributed by atoms with Crippen molar-refractivity contribution in [1.29, 1.82) is 0 Å². The van der Waals surface area contributed by atoms with Gasteiger partial charge in [0.15, 0.2) is 0 Å². The Morgan fingerprint density at radius 1 is 0.944 bits per heavy atom. The van der Waals surface area contributed by atoms with Crippen molar-refractivity contribution in [3.8, 4) is 0 Å². The third kappa shape index (κ3) is 2.56. The van der Waals surface area contributed by atoms with Crippen molar-refractivity contribution < 1.29 is 0 Å². The first kappa shape index (κ1) is 11.7. The number of aryl methyl sites for hydroxylation is 1. The molecule has 0 atom stereocenters. The molecule has 0 aliphatic carbocycles. The molecule has 0 radical (unpaired) electrons. The first-order valence-corrected chi connectivity index (χ1v) is 7.11. The Morgan fingerprint density at radius 2 is 1.72 bits per heavy atom. The Hall–Kier alpha value is -1.34. The van der Waals surface area contributed by atoms with Crippen LogP contribution < -0.4 is 5.32 Å². The molecule has 0 amide bonds. The van der Waals surface area contributed by atoms with Gasteiger partial charge >= 0.3 is 0 Å². The van der Waals surface area contributed by atoms with Crippen LogP contribution in [0.2, 0.25) is 0 Å². The standard InChI is InChI=1S/C17H21N/c1-2-7-17-15(4-1)5-3-6-16(17)9-8-14-10-12-18-13-11-14/h1-7,14,18H,8-13H2. The summed E-state index contributed by atoms with van der Waals surface area (Å²) in [5.41, 5.74) is 1.52. The molecule has 2 aromatic rings. The van der Waals surface area contributed by atoms with Gasteiger partial charge in [0.05, 0.1) is 0 Å². The van der Waals surface area contributed by atoms with Crippen molar-refractivity contribution >= 4 is 10.8 Å². The highest BCUT2D eigenvalue weighted by atomic mass is 14.9. The smallest absolute Gasteiger partial charge is 0.00463 e. The number of hydrogen-bond donors (Lipinski definition) is 1. The third-order valence-corrected chi connectivity index (χ3v) is 4.16. The summed E-state index contributed by atoms with van der Waals surface area (Å²) in [6.07, 6.45) is 5.28. The normalized spacial score (nSPS) is 17.1. The fraction of sp³-hybridized carbons (Fsp3) is 0.412. The SMILES string of the molecule is c1ccc2c(CCC3CCNCC3)cccc2c1. The van der Waals surface area contributed by atoms with E-state index in [9.17, 15) is 0 Å². The van der Waals surface area contributed by atoms with Crippen LogP contribution >= 0.6 is 0 Å². The Morgan fingerprint density at radius 3 is 2.61 bits per heavy atom. The van der Waals surface area contributed by atoms with E-state index >= 15 is 0 Å². The van der Waals surface area contributed by atoms with Crippen molar-refractivity contribution in [2.45, 2.75) is 25.7 Å². The van der Waals surface area contributed by atoms with Gasteiger partial charge in [-0.2, -0.15) is 0 Å². The molecule has 1 aliphatic rings. The third-order valence-electron chi connectivity index (χ3n) is 4.16. The first-order chi connectivity index (χ1) is 8.93. The Kier molecular flexibility index (Phi) is 3.61. The molecule has 1 fully saturated rings. The number of benzene rings is 2. The number of piperidine rings is 1. The van der Waals surface area contributed by atoms with E-state index in [1.54, 1.807) is 0 Å². The minimum Gasteiger partial charge on any atom is -0.317 e. The van der Waals surface area contributed by atoms with Gasteiger partial charge in [0.2, 0.25) is 0 Å². The summed E-state index contributed by atoms with van der Waals surface area (Å²) < 4.78 is 0. The highest BCUT2D eigenvalue weighted by Crippen LogP contribution is 2.23. The molecule has 1 heterocycles. The highest BCUT2D eigenvalue weighted by Gasteiger charge is 2.13. The second-order valence-corrected chi connectivity index (χ2v) is 5.37. The lowest BCUT2D eigenvalue weighted by molar-refractivity contribution is 0.354. The molecule has 1 heteroatoms. The molecule has 18 heavy (non-hydrogen) atoms.